The molecule has 7 nitrogen and oxygen atoms in total. The number of fused-ring (bicyclic) bond motifs is 1. The molecule has 2 amide bonds. The maximum atomic E-state index is 12.4. The van der Waals surface area contributed by atoms with Crippen molar-refractivity contribution in [2.24, 2.45) is 0 Å². The van der Waals surface area contributed by atoms with E-state index >= 15 is 0 Å². The second-order valence-corrected chi connectivity index (χ2v) is 5.34. The number of halogens is 3. The van der Waals surface area contributed by atoms with Crippen LogP contribution in [-0.4, -0.2) is 29.5 Å². The fourth-order valence-corrected chi connectivity index (χ4v) is 2.47. The highest BCUT2D eigenvalue weighted by atomic mass is 19.4. The van der Waals surface area contributed by atoms with Gasteiger partial charge >= 0.3 is 6.18 Å². The molecule has 0 aromatic heterocycles. The lowest BCUT2D eigenvalue weighted by Gasteiger charge is -2.16. The van der Waals surface area contributed by atoms with Crippen LogP contribution in [-0.2, 0) is 0 Å². The Labute approximate surface area is 143 Å². The number of amides is 2. The summed E-state index contributed by atoms with van der Waals surface area (Å²) in [5.41, 5.74) is -0.665. The molecular weight excluding hydrogens is 357 g/mol. The number of carbonyl (C=O) groups is 2. The van der Waals surface area contributed by atoms with Crippen LogP contribution in [0, 0.1) is 10.1 Å². The molecule has 0 spiro atoms. The highest BCUT2D eigenvalue weighted by Gasteiger charge is 2.37. The number of anilines is 1. The van der Waals surface area contributed by atoms with E-state index in [1.807, 2.05) is 0 Å². The molecule has 0 fully saturated rings. The van der Waals surface area contributed by atoms with Gasteiger partial charge in [0.15, 0.2) is 6.61 Å². The van der Waals surface area contributed by atoms with Crippen molar-refractivity contribution in [1.82, 2.24) is 0 Å². The zero-order chi connectivity index (χ0) is 19.1. The highest BCUT2D eigenvalue weighted by Crippen LogP contribution is 2.34. The van der Waals surface area contributed by atoms with Crippen molar-refractivity contribution in [3.8, 4) is 5.75 Å². The third kappa shape index (κ3) is 3.21. The molecule has 3 rings (SSSR count). The first-order valence-corrected chi connectivity index (χ1v) is 7.14. The number of alkyl halides is 3. The van der Waals surface area contributed by atoms with Crippen molar-refractivity contribution in [3.05, 3.63) is 63.7 Å². The third-order valence-corrected chi connectivity index (χ3v) is 3.54. The van der Waals surface area contributed by atoms with Crippen LogP contribution >= 0.6 is 0 Å². The molecule has 2 aromatic carbocycles. The van der Waals surface area contributed by atoms with Gasteiger partial charge in [-0.05, 0) is 12.1 Å². The average Bonchev–Trinajstić information content (AvgIpc) is 2.84. The van der Waals surface area contributed by atoms with E-state index in [2.05, 4.69) is 4.74 Å². The Morgan fingerprint density at radius 3 is 2.12 bits per heavy atom. The number of rotatable bonds is 4. The van der Waals surface area contributed by atoms with E-state index in [1.165, 1.54) is 12.1 Å². The van der Waals surface area contributed by atoms with Gasteiger partial charge in [-0.3, -0.25) is 19.7 Å². The van der Waals surface area contributed by atoms with Crippen LogP contribution in [0.1, 0.15) is 20.7 Å². The van der Waals surface area contributed by atoms with Crippen molar-refractivity contribution in [1.29, 1.82) is 0 Å². The first-order chi connectivity index (χ1) is 12.2. The predicted molar refractivity (Wildman–Crippen MR) is 82.2 cm³/mol. The van der Waals surface area contributed by atoms with E-state index in [9.17, 15) is 32.9 Å². The van der Waals surface area contributed by atoms with Crippen LogP contribution in [0.5, 0.6) is 5.75 Å². The fourth-order valence-electron chi connectivity index (χ4n) is 2.47. The van der Waals surface area contributed by atoms with Gasteiger partial charge in [-0.15, -0.1) is 0 Å². The molecule has 1 heterocycles. The van der Waals surface area contributed by atoms with Gasteiger partial charge in [0.25, 0.3) is 17.5 Å². The number of nitro groups is 1. The molecule has 1 aliphatic heterocycles. The largest absolute Gasteiger partial charge is 0.484 e. The van der Waals surface area contributed by atoms with Crippen LogP contribution in [0.3, 0.4) is 0 Å². The van der Waals surface area contributed by atoms with Gasteiger partial charge in [-0.2, -0.15) is 13.2 Å². The summed E-state index contributed by atoms with van der Waals surface area (Å²) < 4.78 is 41.5. The number of carbonyl (C=O) groups excluding carboxylic acids is 2. The highest BCUT2D eigenvalue weighted by molar-refractivity contribution is 6.34. The smallest absolute Gasteiger partial charge is 0.422 e. The minimum atomic E-state index is -4.65. The van der Waals surface area contributed by atoms with E-state index in [0.717, 1.165) is 18.2 Å². The first-order valence-electron chi connectivity index (χ1n) is 7.14. The predicted octanol–water partition coefficient (Wildman–Crippen LogP) is 3.34. The minimum Gasteiger partial charge on any atom is -0.484 e. The Morgan fingerprint density at radius 1 is 1.04 bits per heavy atom. The van der Waals surface area contributed by atoms with Crippen molar-refractivity contribution in [2.75, 3.05) is 11.5 Å². The van der Waals surface area contributed by atoms with E-state index in [-0.39, 0.29) is 16.8 Å². The molecule has 0 saturated carbocycles. The van der Waals surface area contributed by atoms with Gasteiger partial charge in [-0.1, -0.05) is 12.1 Å². The van der Waals surface area contributed by atoms with Crippen LogP contribution in [0.15, 0.2) is 42.5 Å². The number of ether oxygens (including phenoxy) is 1. The normalized spacial score (nSPS) is 13.7. The maximum Gasteiger partial charge on any atom is 0.422 e. The van der Waals surface area contributed by atoms with E-state index < -0.39 is 41.0 Å². The number of nitro benzene ring substituents is 1. The Hall–Kier alpha value is -3.43. The average molecular weight is 366 g/mol. The molecule has 0 N–H and O–H groups in total. The molecule has 1 aliphatic rings. The lowest BCUT2D eigenvalue weighted by Crippen LogP contribution is -2.29. The summed E-state index contributed by atoms with van der Waals surface area (Å²) in [6.07, 6.45) is -4.65. The number of benzene rings is 2. The van der Waals surface area contributed by atoms with Crippen LogP contribution in [0.25, 0.3) is 0 Å². The Kier molecular flexibility index (Phi) is 4.10. The van der Waals surface area contributed by atoms with Gasteiger partial charge in [0.2, 0.25) is 0 Å². The first kappa shape index (κ1) is 17.4. The maximum absolute atomic E-state index is 12.4. The van der Waals surface area contributed by atoms with Gasteiger partial charge in [0.05, 0.1) is 27.8 Å². The third-order valence-electron chi connectivity index (χ3n) is 3.54. The van der Waals surface area contributed by atoms with Crippen molar-refractivity contribution in [2.45, 2.75) is 6.18 Å². The standard InChI is InChI=1S/C16H9F3N2O5/c17-16(18,19)8-26-11-6-9(5-10(7-11)21(24)25)20-14(22)12-3-1-2-4-13(12)15(20)23/h1-7H,8H2. The van der Waals surface area contributed by atoms with Crippen molar-refractivity contribution < 1.29 is 32.4 Å². The molecule has 0 saturated heterocycles. The summed E-state index contributed by atoms with van der Waals surface area (Å²) in [6, 6.07) is 8.58. The van der Waals surface area contributed by atoms with Crippen molar-refractivity contribution >= 4 is 23.2 Å². The number of non-ortho nitro benzene ring substituents is 1. The number of imide groups is 1. The molecule has 0 bridgehead atoms. The molecule has 2 aromatic rings. The van der Waals surface area contributed by atoms with E-state index in [0.29, 0.717) is 4.90 Å². The molecule has 0 unspecified atom stereocenters. The zero-order valence-electron chi connectivity index (χ0n) is 12.8. The Morgan fingerprint density at radius 2 is 1.62 bits per heavy atom. The molecule has 26 heavy (non-hydrogen) atoms. The molecule has 0 aliphatic carbocycles. The lowest BCUT2D eigenvalue weighted by molar-refractivity contribution is -0.384. The topological polar surface area (TPSA) is 89.8 Å². The van der Waals surface area contributed by atoms with Gasteiger partial charge < -0.3 is 4.74 Å². The number of hydrogen-bond donors (Lipinski definition) is 0. The van der Waals surface area contributed by atoms with Crippen LogP contribution in [0.4, 0.5) is 24.5 Å². The van der Waals surface area contributed by atoms with Gasteiger partial charge in [0, 0.05) is 12.1 Å². The van der Waals surface area contributed by atoms with Crippen LogP contribution < -0.4 is 9.64 Å². The molecule has 0 radical (unpaired) electrons. The summed E-state index contributed by atoms with van der Waals surface area (Å²) in [7, 11) is 0. The van der Waals surface area contributed by atoms with E-state index in [1.54, 1.807) is 12.1 Å². The minimum absolute atomic E-state index is 0.0989. The number of nitrogens with zero attached hydrogens (tertiary/aromatic N) is 2. The van der Waals surface area contributed by atoms with Crippen molar-refractivity contribution in [3.63, 3.8) is 0 Å². The second-order valence-electron chi connectivity index (χ2n) is 5.34. The quantitative estimate of drug-likeness (QED) is 0.470. The van der Waals surface area contributed by atoms with Gasteiger partial charge in [0.1, 0.15) is 5.75 Å². The number of hydrogen-bond acceptors (Lipinski definition) is 5. The molecule has 0 atom stereocenters. The summed E-state index contributed by atoms with van der Waals surface area (Å²) in [5, 5.41) is 11.0. The van der Waals surface area contributed by atoms with Gasteiger partial charge in [-0.25, -0.2) is 4.90 Å². The summed E-state index contributed by atoms with van der Waals surface area (Å²) in [5.74, 6) is -1.94. The monoisotopic (exact) mass is 366 g/mol. The summed E-state index contributed by atoms with van der Waals surface area (Å²) >= 11 is 0. The fraction of sp³-hybridized carbons (Fsp3) is 0.125. The summed E-state index contributed by atoms with van der Waals surface area (Å²) in [4.78, 5) is 35.7. The SMILES string of the molecule is O=C1c2ccccc2C(=O)N1c1cc(OCC(F)(F)F)cc([N+](=O)[O-])c1. The second kappa shape index (κ2) is 6.14. The molecule has 134 valence electrons. The molecule has 10 heteroatoms. The van der Waals surface area contributed by atoms with Crippen LogP contribution in [0.2, 0.25) is 0 Å². The Bertz CT molecular complexity index is 891. The zero-order valence-corrected chi connectivity index (χ0v) is 12.8. The molecular formula is C16H9F3N2O5. The lowest BCUT2D eigenvalue weighted by atomic mass is 10.1. The van der Waals surface area contributed by atoms with E-state index in [4.69, 9.17) is 0 Å². The Balaban J connectivity index is 2.02. The summed E-state index contributed by atoms with van der Waals surface area (Å²) in [6.45, 7) is -1.67.